The van der Waals surface area contributed by atoms with Crippen LogP contribution in [-0.4, -0.2) is 72.6 Å². The maximum absolute atomic E-state index is 13.5. The van der Waals surface area contributed by atoms with Crippen molar-refractivity contribution in [2.75, 3.05) is 20.3 Å². The summed E-state index contributed by atoms with van der Waals surface area (Å²) in [5.41, 5.74) is 5.14. The molecule has 2 rings (SSSR count). The Bertz CT molecular complexity index is 1260. The summed E-state index contributed by atoms with van der Waals surface area (Å²) in [6.45, 7) is 8.66. The van der Waals surface area contributed by atoms with Crippen LogP contribution in [0.15, 0.2) is 46.8 Å². The van der Waals surface area contributed by atoms with Gasteiger partial charge in [-0.2, -0.15) is 0 Å². The quantitative estimate of drug-likeness (QED) is 0.0957. The lowest BCUT2D eigenvalue weighted by Gasteiger charge is -2.36. The standard InChI is InChI=1S/C27H35N3O11.ClH/c1-14(2)39-26(33)22-17(5)29(27(34)41-18(6)40-24(31)15(3)28)16(4)21(25(32)38-12-11-37-7)23(22)19-9-8-10-20(13-19)30(35)36;/h8-10,13-15,18,23H,11-12,28H2,1-7H3;1H/t15-,18?,23?;/m0./s1. The third-order valence-corrected chi connectivity index (χ3v) is 5.85. The average Bonchev–Trinajstić information content (AvgIpc) is 2.87. The normalized spacial score (nSPS) is 16.3. The van der Waals surface area contributed by atoms with Crippen LogP contribution >= 0.6 is 12.4 Å². The highest BCUT2D eigenvalue weighted by molar-refractivity contribution is 6.01. The number of hydrogen-bond acceptors (Lipinski definition) is 12. The van der Waals surface area contributed by atoms with E-state index in [4.69, 9.17) is 29.4 Å². The maximum atomic E-state index is 13.5. The van der Waals surface area contributed by atoms with E-state index in [0.717, 1.165) is 4.90 Å². The molecule has 0 radical (unpaired) electrons. The van der Waals surface area contributed by atoms with E-state index < -0.39 is 53.3 Å². The summed E-state index contributed by atoms with van der Waals surface area (Å²) in [5, 5.41) is 11.5. The summed E-state index contributed by atoms with van der Waals surface area (Å²) in [7, 11) is 1.41. The second-order valence-corrected chi connectivity index (χ2v) is 9.38. The van der Waals surface area contributed by atoms with Gasteiger partial charge in [-0.3, -0.25) is 19.8 Å². The number of non-ortho nitro benzene ring substituents is 1. The van der Waals surface area contributed by atoms with Crippen LogP contribution in [0.5, 0.6) is 0 Å². The molecule has 1 amide bonds. The lowest BCUT2D eigenvalue weighted by Crippen LogP contribution is -2.41. The van der Waals surface area contributed by atoms with Crippen LogP contribution in [-0.2, 0) is 38.1 Å². The molecule has 0 saturated heterocycles. The molecule has 0 fully saturated rings. The molecular formula is C27H36ClN3O11. The molecule has 0 saturated carbocycles. The number of benzene rings is 1. The molecule has 1 aliphatic rings. The first-order valence-corrected chi connectivity index (χ1v) is 12.7. The van der Waals surface area contributed by atoms with Crippen LogP contribution in [0.1, 0.15) is 53.0 Å². The average molecular weight is 614 g/mol. The number of methoxy groups -OCH3 is 1. The van der Waals surface area contributed by atoms with Crippen molar-refractivity contribution in [3.05, 3.63) is 62.5 Å². The monoisotopic (exact) mass is 613 g/mol. The van der Waals surface area contributed by atoms with Crippen LogP contribution in [0.4, 0.5) is 10.5 Å². The number of allylic oxidation sites excluding steroid dienone is 2. The van der Waals surface area contributed by atoms with E-state index in [9.17, 15) is 29.3 Å². The molecule has 15 heteroatoms. The van der Waals surface area contributed by atoms with Crippen molar-refractivity contribution in [3.8, 4) is 0 Å². The Labute approximate surface area is 249 Å². The summed E-state index contributed by atoms with van der Waals surface area (Å²) in [5.74, 6) is -3.82. The van der Waals surface area contributed by atoms with Gasteiger partial charge in [0.15, 0.2) is 0 Å². The Morgan fingerprint density at radius 3 is 2.10 bits per heavy atom. The number of amides is 1. The SMILES string of the molecule is COCCOC(=O)C1=C(C)N(C(=O)OC(C)OC(=O)[C@H](C)N)C(C)=C(C(=O)OC(C)C)C1c1cccc([N+](=O)[O-])c1.Cl. The molecule has 1 aromatic carbocycles. The molecule has 0 aromatic heterocycles. The zero-order valence-corrected chi connectivity index (χ0v) is 25.2. The lowest BCUT2D eigenvalue weighted by atomic mass is 9.79. The van der Waals surface area contributed by atoms with E-state index >= 15 is 0 Å². The molecule has 0 spiro atoms. The van der Waals surface area contributed by atoms with Gasteiger partial charge in [-0.05, 0) is 40.2 Å². The minimum Gasteiger partial charge on any atom is -0.460 e. The molecule has 2 unspecified atom stereocenters. The Morgan fingerprint density at radius 1 is 0.976 bits per heavy atom. The van der Waals surface area contributed by atoms with Gasteiger partial charge in [0.25, 0.3) is 5.69 Å². The van der Waals surface area contributed by atoms with Crippen molar-refractivity contribution in [1.82, 2.24) is 4.90 Å². The van der Waals surface area contributed by atoms with Crippen LogP contribution < -0.4 is 5.73 Å². The summed E-state index contributed by atoms with van der Waals surface area (Å²) >= 11 is 0. The zero-order chi connectivity index (χ0) is 31.0. The third kappa shape index (κ3) is 8.74. The van der Waals surface area contributed by atoms with Gasteiger partial charge in [-0.25, -0.2) is 14.4 Å². The van der Waals surface area contributed by atoms with Gasteiger partial charge in [0, 0.05) is 37.6 Å². The van der Waals surface area contributed by atoms with Gasteiger partial charge in [0.1, 0.15) is 12.6 Å². The Hall–Kier alpha value is -4.01. The molecule has 1 heterocycles. The number of rotatable bonds is 11. The zero-order valence-electron chi connectivity index (χ0n) is 24.4. The summed E-state index contributed by atoms with van der Waals surface area (Å²) in [4.78, 5) is 64.1. The third-order valence-electron chi connectivity index (χ3n) is 5.85. The number of ether oxygens (including phenoxy) is 5. The van der Waals surface area contributed by atoms with Crippen LogP contribution in [0, 0.1) is 10.1 Å². The maximum Gasteiger partial charge on any atom is 0.421 e. The molecule has 232 valence electrons. The summed E-state index contributed by atoms with van der Waals surface area (Å²) in [6, 6.07) is 4.42. The van der Waals surface area contributed by atoms with E-state index in [2.05, 4.69) is 0 Å². The van der Waals surface area contributed by atoms with Crippen molar-refractivity contribution < 1.29 is 47.8 Å². The van der Waals surface area contributed by atoms with Gasteiger partial charge in [0.05, 0.1) is 34.7 Å². The second-order valence-electron chi connectivity index (χ2n) is 9.38. The van der Waals surface area contributed by atoms with E-state index in [0.29, 0.717) is 0 Å². The molecule has 2 N–H and O–H groups in total. The number of esters is 3. The van der Waals surface area contributed by atoms with E-state index in [1.807, 2.05) is 0 Å². The highest BCUT2D eigenvalue weighted by Crippen LogP contribution is 2.44. The smallest absolute Gasteiger partial charge is 0.421 e. The molecule has 1 aromatic rings. The van der Waals surface area contributed by atoms with Crippen molar-refractivity contribution in [2.45, 2.75) is 65.9 Å². The number of halogens is 1. The molecule has 3 atom stereocenters. The minimum absolute atomic E-state index is 0. The molecule has 0 bridgehead atoms. The molecule has 42 heavy (non-hydrogen) atoms. The number of nitrogens with zero attached hydrogens (tertiary/aromatic N) is 2. The highest BCUT2D eigenvalue weighted by Gasteiger charge is 2.43. The van der Waals surface area contributed by atoms with Crippen molar-refractivity contribution >= 4 is 42.1 Å². The largest absolute Gasteiger partial charge is 0.460 e. The van der Waals surface area contributed by atoms with E-state index in [1.165, 1.54) is 59.1 Å². The number of carbonyl (C=O) groups excluding carboxylic acids is 4. The fraction of sp³-hybridized carbons (Fsp3) is 0.481. The van der Waals surface area contributed by atoms with Crippen molar-refractivity contribution in [1.29, 1.82) is 0 Å². The highest BCUT2D eigenvalue weighted by atomic mass is 35.5. The lowest BCUT2D eigenvalue weighted by molar-refractivity contribution is -0.384. The Morgan fingerprint density at radius 2 is 1.57 bits per heavy atom. The summed E-state index contributed by atoms with van der Waals surface area (Å²) in [6.07, 6.45) is -3.05. The van der Waals surface area contributed by atoms with Crippen molar-refractivity contribution in [3.63, 3.8) is 0 Å². The minimum atomic E-state index is -1.38. The predicted molar refractivity (Wildman–Crippen MR) is 150 cm³/mol. The van der Waals surface area contributed by atoms with Crippen molar-refractivity contribution in [2.24, 2.45) is 5.73 Å². The number of hydrogen-bond donors (Lipinski definition) is 1. The molecular weight excluding hydrogens is 578 g/mol. The second kappa shape index (κ2) is 15.8. The number of nitrogens with two attached hydrogens (primary N) is 1. The molecule has 14 nitrogen and oxygen atoms in total. The van der Waals surface area contributed by atoms with Gasteiger partial charge in [0.2, 0.25) is 6.29 Å². The van der Waals surface area contributed by atoms with E-state index in [1.54, 1.807) is 13.8 Å². The first-order valence-electron chi connectivity index (χ1n) is 12.7. The van der Waals surface area contributed by atoms with Gasteiger partial charge in [-0.15, -0.1) is 12.4 Å². The van der Waals surface area contributed by atoms with Crippen LogP contribution in [0.25, 0.3) is 0 Å². The van der Waals surface area contributed by atoms with E-state index in [-0.39, 0.29) is 59.4 Å². The van der Waals surface area contributed by atoms with Gasteiger partial charge in [-0.1, -0.05) is 12.1 Å². The number of carbonyl (C=O) groups is 4. The molecule has 0 aliphatic carbocycles. The first kappa shape index (κ1) is 36.0. The Balaban J connectivity index is 0.00000882. The topological polar surface area (TPSA) is 187 Å². The van der Waals surface area contributed by atoms with Gasteiger partial charge >= 0.3 is 24.0 Å². The predicted octanol–water partition coefficient (Wildman–Crippen LogP) is 3.48. The number of nitro groups is 1. The van der Waals surface area contributed by atoms with Crippen LogP contribution in [0.2, 0.25) is 0 Å². The van der Waals surface area contributed by atoms with Crippen LogP contribution in [0.3, 0.4) is 0 Å². The van der Waals surface area contributed by atoms with Gasteiger partial charge < -0.3 is 29.4 Å². The summed E-state index contributed by atoms with van der Waals surface area (Å²) < 4.78 is 26.1. The first-order chi connectivity index (χ1) is 19.2. The fourth-order valence-corrected chi connectivity index (χ4v) is 4.07. The fourth-order valence-electron chi connectivity index (χ4n) is 4.07. The Kier molecular flexibility index (Phi) is 13.6. The molecule has 1 aliphatic heterocycles. The number of nitro benzene ring substituents is 1.